The lowest BCUT2D eigenvalue weighted by atomic mass is 10.1. The van der Waals surface area contributed by atoms with Gasteiger partial charge >= 0.3 is 0 Å². The number of hydrogen-bond acceptors (Lipinski definition) is 3. The molecule has 20 heavy (non-hydrogen) atoms. The highest BCUT2D eigenvalue weighted by Crippen LogP contribution is 2.18. The molecule has 1 amide bonds. The minimum atomic E-state index is -0.393. The van der Waals surface area contributed by atoms with Crippen molar-refractivity contribution in [1.82, 2.24) is 5.32 Å². The molecule has 0 saturated carbocycles. The van der Waals surface area contributed by atoms with Crippen LogP contribution in [-0.4, -0.2) is 31.1 Å². The maximum absolute atomic E-state index is 13.8. The van der Waals surface area contributed by atoms with Crippen molar-refractivity contribution in [2.75, 3.05) is 18.0 Å². The third kappa shape index (κ3) is 4.81. The Kier molecular flexibility index (Phi) is 6.45. The van der Waals surface area contributed by atoms with Gasteiger partial charge in [-0.15, -0.1) is 0 Å². The first-order chi connectivity index (χ1) is 9.45. The van der Waals surface area contributed by atoms with Gasteiger partial charge in [0.15, 0.2) is 0 Å². The molecule has 0 aliphatic heterocycles. The van der Waals surface area contributed by atoms with Crippen LogP contribution in [0, 0.1) is 5.82 Å². The largest absolute Gasteiger partial charge is 0.369 e. The number of hydrogen-bond donors (Lipinski definition) is 2. The number of primary amides is 1. The van der Waals surface area contributed by atoms with Crippen LogP contribution in [0.5, 0.6) is 0 Å². The summed E-state index contributed by atoms with van der Waals surface area (Å²) in [5, 5.41) is 3.13. The third-order valence-electron chi connectivity index (χ3n) is 3.14. The van der Waals surface area contributed by atoms with Gasteiger partial charge in [-0.25, -0.2) is 4.39 Å². The molecule has 5 heteroatoms. The van der Waals surface area contributed by atoms with Gasteiger partial charge in [-0.3, -0.25) is 4.79 Å². The van der Waals surface area contributed by atoms with Gasteiger partial charge in [0.05, 0.1) is 11.7 Å². The molecular weight excluding hydrogens is 257 g/mol. The topological polar surface area (TPSA) is 58.4 Å². The SMILES string of the molecule is CCN(CCC(NC(C)C)C(N)=O)c1ccccc1F. The molecule has 0 aromatic heterocycles. The predicted octanol–water partition coefficient (Wildman–Crippen LogP) is 1.89. The highest BCUT2D eigenvalue weighted by atomic mass is 19.1. The van der Waals surface area contributed by atoms with Crippen molar-refractivity contribution in [2.24, 2.45) is 5.73 Å². The molecule has 0 bridgehead atoms. The molecule has 1 aromatic carbocycles. The average molecular weight is 281 g/mol. The summed E-state index contributed by atoms with van der Waals surface area (Å²) in [4.78, 5) is 13.3. The van der Waals surface area contributed by atoms with E-state index in [2.05, 4.69) is 5.32 Å². The molecule has 1 aromatic rings. The molecule has 0 radical (unpaired) electrons. The van der Waals surface area contributed by atoms with E-state index in [0.717, 1.165) is 0 Å². The summed E-state index contributed by atoms with van der Waals surface area (Å²) in [5.41, 5.74) is 5.95. The van der Waals surface area contributed by atoms with Crippen molar-refractivity contribution in [3.63, 3.8) is 0 Å². The summed E-state index contributed by atoms with van der Waals surface area (Å²) in [7, 11) is 0. The first-order valence-electron chi connectivity index (χ1n) is 7.00. The predicted molar refractivity (Wildman–Crippen MR) is 80.2 cm³/mol. The van der Waals surface area contributed by atoms with E-state index in [0.29, 0.717) is 25.2 Å². The van der Waals surface area contributed by atoms with E-state index in [-0.39, 0.29) is 17.8 Å². The third-order valence-corrected chi connectivity index (χ3v) is 3.14. The Balaban J connectivity index is 2.69. The van der Waals surface area contributed by atoms with E-state index in [1.165, 1.54) is 6.07 Å². The van der Waals surface area contributed by atoms with Crippen LogP contribution in [-0.2, 0) is 4.79 Å². The monoisotopic (exact) mass is 281 g/mol. The maximum atomic E-state index is 13.8. The number of nitrogens with zero attached hydrogens (tertiary/aromatic N) is 1. The number of amides is 1. The fraction of sp³-hybridized carbons (Fsp3) is 0.533. The van der Waals surface area contributed by atoms with Crippen LogP contribution in [0.3, 0.4) is 0 Å². The number of rotatable bonds is 8. The quantitative estimate of drug-likeness (QED) is 0.765. The van der Waals surface area contributed by atoms with E-state index in [1.807, 2.05) is 25.7 Å². The van der Waals surface area contributed by atoms with Crippen molar-refractivity contribution < 1.29 is 9.18 Å². The molecule has 0 heterocycles. The normalized spacial score (nSPS) is 12.4. The van der Waals surface area contributed by atoms with E-state index < -0.39 is 6.04 Å². The van der Waals surface area contributed by atoms with Gasteiger partial charge < -0.3 is 16.0 Å². The Morgan fingerprint density at radius 1 is 1.40 bits per heavy atom. The summed E-state index contributed by atoms with van der Waals surface area (Å²) in [6.07, 6.45) is 0.551. The van der Waals surface area contributed by atoms with Crippen LogP contribution in [0.2, 0.25) is 0 Å². The molecule has 1 rings (SSSR count). The summed E-state index contributed by atoms with van der Waals surface area (Å²) < 4.78 is 13.8. The number of carbonyl (C=O) groups excluding carboxylic acids is 1. The van der Waals surface area contributed by atoms with E-state index in [9.17, 15) is 9.18 Å². The Labute approximate surface area is 120 Å². The van der Waals surface area contributed by atoms with Gasteiger partial charge in [-0.1, -0.05) is 26.0 Å². The summed E-state index contributed by atoms with van der Waals surface area (Å²) in [6, 6.07) is 6.44. The number of anilines is 1. The van der Waals surface area contributed by atoms with Gasteiger partial charge in [-0.2, -0.15) is 0 Å². The number of carbonyl (C=O) groups is 1. The van der Waals surface area contributed by atoms with Gasteiger partial charge in [0, 0.05) is 19.1 Å². The first-order valence-corrected chi connectivity index (χ1v) is 7.00. The Morgan fingerprint density at radius 2 is 2.05 bits per heavy atom. The summed E-state index contributed by atoms with van der Waals surface area (Å²) in [5.74, 6) is -0.620. The number of nitrogens with two attached hydrogens (primary N) is 1. The summed E-state index contributed by atoms with van der Waals surface area (Å²) in [6.45, 7) is 7.13. The van der Waals surface area contributed by atoms with Gasteiger partial charge in [-0.05, 0) is 25.5 Å². The minimum absolute atomic E-state index is 0.177. The van der Waals surface area contributed by atoms with Gasteiger partial charge in [0.1, 0.15) is 5.82 Å². The average Bonchev–Trinajstić information content (AvgIpc) is 2.39. The fourth-order valence-corrected chi connectivity index (χ4v) is 2.15. The highest BCUT2D eigenvalue weighted by Gasteiger charge is 2.18. The first kappa shape index (κ1) is 16.4. The second-order valence-corrected chi connectivity index (χ2v) is 5.10. The second kappa shape index (κ2) is 7.85. The smallest absolute Gasteiger partial charge is 0.234 e. The lowest BCUT2D eigenvalue weighted by molar-refractivity contribution is -0.120. The Bertz CT molecular complexity index is 437. The molecule has 4 nitrogen and oxygen atoms in total. The van der Waals surface area contributed by atoms with Crippen molar-refractivity contribution >= 4 is 11.6 Å². The van der Waals surface area contributed by atoms with E-state index in [4.69, 9.17) is 5.73 Å². The zero-order valence-electron chi connectivity index (χ0n) is 12.4. The molecule has 0 aliphatic rings. The maximum Gasteiger partial charge on any atom is 0.234 e. The van der Waals surface area contributed by atoms with Crippen molar-refractivity contribution in [3.8, 4) is 0 Å². The Hall–Kier alpha value is -1.62. The zero-order chi connectivity index (χ0) is 15.1. The molecule has 1 unspecified atom stereocenters. The van der Waals surface area contributed by atoms with Crippen molar-refractivity contribution in [3.05, 3.63) is 30.1 Å². The lowest BCUT2D eigenvalue weighted by Gasteiger charge is -2.26. The van der Waals surface area contributed by atoms with Gasteiger partial charge in [0.2, 0.25) is 5.91 Å². The zero-order valence-corrected chi connectivity index (χ0v) is 12.4. The molecule has 0 fully saturated rings. The standard InChI is InChI=1S/C15H24FN3O/c1-4-19(14-8-6-5-7-12(14)16)10-9-13(15(17)20)18-11(2)3/h5-8,11,13,18H,4,9-10H2,1-3H3,(H2,17,20). The molecular formula is C15H24FN3O. The van der Waals surface area contributed by atoms with E-state index in [1.54, 1.807) is 18.2 Å². The number of halogens is 1. The van der Waals surface area contributed by atoms with Crippen LogP contribution in [0.25, 0.3) is 0 Å². The van der Waals surface area contributed by atoms with Gasteiger partial charge in [0.25, 0.3) is 0 Å². The molecule has 3 N–H and O–H groups in total. The van der Waals surface area contributed by atoms with Crippen molar-refractivity contribution in [2.45, 2.75) is 39.3 Å². The number of nitrogens with one attached hydrogen (secondary N) is 1. The van der Waals surface area contributed by atoms with Crippen molar-refractivity contribution in [1.29, 1.82) is 0 Å². The van der Waals surface area contributed by atoms with Crippen LogP contribution in [0.15, 0.2) is 24.3 Å². The van der Waals surface area contributed by atoms with Crippen LogP contribution in [0.4, 0.5) is 10.1 Å². The second-order valence-electron chi connectivity index (χ2n) is 5.10. The summed E-state index contributed by atoms with van der Waals surface area (Å²) >= 11 is 0. The molecule has 0 aliphatic carbocycles. The van der Waals surface area contributed by atoms with Crippen LogP contribution >= 0.6 is 0 Å². The molecule has 112 valence electrons. The number of para-hydroxylation sites is 1. The highest BCUT2D eigenvalue weighted by molar-refractivity contribution is 5.79. The minimum Gasteiger partial charge on any atom is -0.369 e. The molecule has 1 atom stereocenters. The lowest BCUT2D eigenvalue weighted by Crippen LogP contribution is -2.46. The Morgan fingerprint density at radius 3 is 2.55 bits per heavy atom. The van der Waals surface area contributed by atoms with Crippen LogP contribution in [0.1, 0.15) is 27.2 Å². The van der Waals surface area contributed by atoms with E-state index >= 15 is 0 Å². The fourth-order valence-electron chi connectivity index (χ4n) is 2.15. The van der Waals surface area contributed by atoms with Crippen LogP contribution < -0.4 is 16.0 Å². The molecule has 0 spiro atoms. The number of benzene rings is 1. The molecule has 0 saturated heterocycles.